The number of amides is 1. The Hall–Kier alpha value is -3.52. The van der Waals surface area contributed by atoms with Crippen molar-refractivity contribution in [2.45, 2.75) is 6.54 Å². The Morgan fingerprint density at radius 1 is 1.32 bits per heavy atom. The van der Waals surface area contributed by atoms with E-state index in [0.29, 0.717) is 21.1 Å². The highest BCUT2D eigenvalue weighted by Crippen LogP contribution is 2.29. The predicted octanol–water partition coefficient (Wildman–Crippen LogP) is 3.89. The molecule has 2 aromatic heterocycles. The monoisotopic (exact) mass is 395 g/mol. The molecule has 0 saturated carbocycles. The van der Waals surface area contributed by atoms with Crippen LogP contribution in [0.15, 0.2) is 59.9 Å². The highest BCUT2D eigenvalue weighted by Gasteiger charge is 2.22. The van der Waals surface area contributed by atoms with E-state index < -0.39 is 23.0 Å². The van der Waals surface area contributed by atoms with Gasteiger partial charge in [-0.2, -0.15) is 0 Å². The largest absolute Gasteiger partial charge is 0.506 e. The summed E-state index contributed by atoms with van der Waals surface area (Å²) in [6.07, 6.45) is 1.54. The molecule has 2 N–H and O–H groups in total. The van der Waals surface area contributed by atoms with Crippen LogP contribution in [-0.4, -0.2) is 20.6 Å². The number of fused-ring (bicyclic) bond motifs is 2. The van der Waals surface area contributed by atoms with Crippen molar-refractivity contribution in [2.24, 2.45) is 0 Å². The Labute approximate surface area is 162 Å². The maximum absolute atomic E-state index is 13.4. The second-order valence-electron chi connectivity index (χ2n) is 6.03. The quantitative estimate of drug-likeness (QED) is 0.514. The molecule has 0 aliphatic heterocycles. The number of hydrogen-bond donors (Lipinski definition) is 2. The lowest BCUT2D eigenvalue weighted by atomic mass is 10.1. The molecule has 0 saturated heterocycles. The van der Waals surface area contributed by atoms with E-state index in [4.69, 9.17) is 0 Å². The van der Waals surface area contributed by atoms with Crippen LogP contribution in [0.1, 0.15) is 10.4 Å². The molecule has 0 radical (unpaired) electrons. The molecule has 0 aliphatic carbocycles. The van der Waals surface area contributed by atoms with Gasteiger partial charge in [-0.05, 0) is 30.3 Å². The number of halogens is 1. The minimum Gasteiger partial charge on any atom is -0.506 e. The van der Waals surface area contributed by atoms with Gasteiger partial charge in [0.2, 0.25) is 0 Å². The lowest BCUT2D eigenvalue weighted by Crippen LogP contribution is -2.29. The van der Waals surface area contributed by atoms with Crippen molar-refractivity contribution in [2.75, 3.05) is 5.32 Å². The number of carbonyl (C=O) groups excluding carboxylic acids is 1. The van der Waals surface area contributed by atoms with Gasteiger partial charge in [-0.1, -0.05) is 29.5 Å². The van der Waals surface area contributed by atoms with Gasteiger partial charge in [-0.3, -0.25) is 14.9 Å². The number of carbonyl (C=O) groups is 1. The van der Waals surface area contributed by atoms with Gasteiger partial charge in [0.15, 0.2) is 5.13 Å². The summed E-state index contributed by atoms with van der Waals surface area (Å²) in [5.41, 5.74) is -0.00263. The van der Waals surface area contributed by atoms with Crippen LogP contribution in [-0.2, 0) is 6.54 Å². The van der Waals surface area contributed by atoms with Crippen molar-refractivity contribution in [1.29, 1.82) is 0 Å². The number of allylic oxidation sites excluding steroid dienone is 1. The van der Waals surface area contributed by atoms with Crippen LogP contribution in [0.3, 0.4) is 0 Å². The van der Waals surface area contributed by atoms with Gasteiger partial charge in [-0.25, -0.2) is 9.37 Å². The Bertz CT molecular complexity index is 1310. The number of rotatable bonds is 4. The van der Waals surface area contributed by atoms with Crippen molar-refractivity contribution < 1.29 is 14.3 Å². The first kappa shape index (κ1) is 17.9. The zero-order chi connectivity index (χ0) is 19.8. The van der Waals surface area contributed by atoms with Crippen molar-refractivity contribution in [3.8, 4) is 5.75 Å². The van der Waals surface area contributed by atoms with E-state index in [1.807, 2.05) is 0 Å². The van der Waals surface area contributed by atoms with Gasteiger partial charge in [0.05, 0.1) is 15.7 Å². The number of pyridine rings is 1. The molecule has 28 heavy (non-hydrogen) atoms. The van der Waals surface area contributed by atoms with E-state index in [-0.39, 0.29) is 17.2 Å². The number of thiazole rings is 1. The molecule has 2 aromatic carbocycles. The average Bonchev–Trinajstić information content (AvgIpc) is 3.06. The first-order chi connectivity index (χ1) is 13.5. The second kappa shape index (κ2) is 6.90. The SMILES string of the molecule is C=CCn1c(=O)c(C(=O)Nc2nc3ccc(F)cc3s2)c(O)c2ccccc21. The smallest absolute Gasteiger partial charge is 0.268 e. The maximum atomic E-state index is 13.4. The summed E-state index contributed by atoms with van der Waals surface area (Å²) >= 11 is 1.07. The average molecular weight is 395 g/mol. The Morgan fingerprint density at radius 2 is 2.11 bits per heavy atom. The van der Waals surface area contributed by atoms with E-state index in [1.165, 1.54) is 28.8 Å². The van der Waals surface area contributed by atoms with Crippen LogP contribution in [0.5, 0.6) is 5.75 Å². The van der Waals surface area contributed by atoms with Crippen LogP contribution in [0, 0.1) is 5.82 Å². The summed E-state index contributed by atoms with van der Waals surface area (Å²) in [7, 11) is 0. The molecule has 1 amide bonds. The zero-order valence-electron chi connectivity index (χ0n) is 14.5. The summed E-state index contributed by atoms with van der Waals surface area (Å²) < 4.78 is 15.3. The Balaban J connectivity index is 1.82. The number of aromatic hydroxyl groups is 1. The highest BCUT2D eigenvalue weighted by atomic mass is 32.1. The van der Waals surface area contributed by atoms with E-state index >= 15 is 0 Å². The van der Waals surface area contributed by atoms with Gasteiger partial charge in [0, 0.05) is 11.9 Å². The molecule has 8 heteroatoms. The fraction of sp³-hybridized carbons (Fsp3) is 0.0500. The number of nitrogens with zero attached hydrogens (tertiary/aromatic N) is 2. The first-order valence-corrected chi connectivity index (χ1v) is 9.14. The van der Waals surface area contributed by atoms with Crippen LogP contribution in [0.25, 0.3) is 21.1 Å². The number of hydrogen-bond acceptors (Lipinski definition) is 5. The maximum Gasteiger partial charge on any atom is 0.268 e. The zero-order valence-corrected chi connectivity index (χ0v) is 15.3. The number of nitrogens with one attached hydrogen (secondary N) is 1. The lowest BCUT2D eigenvalue weighted by Gasteiger charge is -2.13. The van der Waals surface area contributed by atoms with Crippen molar-refractivity contribution in [3.05, 3.63) is 76.9 Å². The molecule has 4 rings (SSSR count). The summed E-state index contributed by atoms with van der Waals surface area (Å²) in [4.78, 5) is 29.9. The van der Waals surface area contributed by atoms with Crippen molar-refractivity contribution >= 4 is 43.5 Å². The van der Waals surface area contributed by atoms with Gasteiger partial charge in [0.1, 0.15) is 17.1 Å². The fourth-order valence-electron chi connectivity index (χ4n) is 3.02. The molecule has 4 aromatic rings. The molecule has 0 unspecified atom stereocenters. The van der Waals surface area contributed by atoms with Crippen molar-refractivity contribution in [1.82, 2.24) is 9.55 Å². The van der Waals surface area contributed by atoms with Crippen molar-refractivity contribution in [3.63, 3.8) is 0 Å². The summed E-state index contributed by atoms with van der Waals surface area (Å²) in [6.45, 7) is 3.82. The molecule has 0 atom stereocenters. The molecular weight excluding hydrogens is 381 g/mol. The molecule has 0 fully saturated rings. The topological polar surface area (TPSA) is 84.2 Å². The molecule has 0 bridgehead atoms. The lowest BCUT2D eigenvalue weighted by molar-refractivity contribution is 0.102. The first-order valence-electron chi connectivity index (χ1n) is 8.32. The molecule has 140 valence electrons. The van der Waals surface area contributed by atoms with E-state index in [0.717, 1.165) is 11.3 Å². The predicted molar refractivity (Wildman–Crippen MR) is 108 cm³/mol. The standard InChI is InChI=1S/C20H14FN3O3S/c1-2-9-24-14-6-4-3-5-12(14)17(25)16(19(24)27)18(26)23-20-22-13-8-7-11(21)10-15(13)28-20/h2-8,10,25H,1,9H2,(H,22,23,26). The third-order valence-electron chi connectivity index (χ3n) is 4.26. The molecular formula is C20H14FN3O3S. The van der Waals surface area contributed by atoms with E-state index in [2.05, 4.69) is 16.9 Å². The van der Waals surface area contributed by atoms with E-state index in [1.54, 1.807) is 24.3 Å². The third-order valence-corrected chi connectivity index (χ3v) is 5.19. The van der Waals surface area contributed by atoms with Crippen LogP contribution in [0.4, 0.5) is 9.52 Å². The Morgan fingerprint density at radius 3 is 2.89 bits per heavy atom. The van der Waals surface area contributed by atoms with Gasteiger partial charge in [-0.15, -0.1) is 6.58 Å². The van der Waals surface area contributed by atoms with Crippen LogP contribution < -0.4 is 10.9 Å². The molecule has 6 nitrogen and oxygen atoms in total. The third kappa shape index (κ3) is 2.93. The van der Waals surface area contributed by atoms with Crippen LogP contribution >= 0.6 is 11.3 Å². The minimum atomic E-state index is -0.786. The minimum absolute atomic E-state index is 0.181. The molecule has 2 heterocycles. The summed E-state index contributed by atoms with van der Waals surface area (Å²) in [5, 5.41) is 13.7. The van der Waals surface area contributed by atoms with E-state index in [9.17, 15) is 19.1 Å². The molecule has 0 aliphatic rings. The summed E-state index contributed by atoms with van der Waals surface area (Å²) in [6, 6.07) is 10.8. The Kier molecular flexibility index (Phi) is 4.40. The summed E-state index contributed by atoms with van der Waals surface area (Å²) in [5.74, 6) is -1.59. The normalized spacial score (nSPS) is 11.0. The number of para-hydroxylation sites is 1. The van der Waals surface area contributed by atoms with Gasteiger partial charge >= 0.3 is 0 Å². The number of anilines is 1. The highest BCUT2D eigenvalue weighted by molar-refractivity contribution is 7.22. The van der Waals surface area contributed by atoms with Gasteiger partial charge < -0.3 is 9.67 Å². The number of benzene rings is 2. The fourth-order valence-corrected chi connectivity index (χ4v) is 3.90. The van der Waals surface area contributed by atoms with Gasteiger partial charge in [0.25, 0.3) is 11.5 Å². The number of aromatic nitrogens is 2. The van der Waals surface area contributed by atoms with Crippen LogP contribution in [0.2, 0.25) is 0 Å². The molecule has 0 spiro atoms. The second-order valence-corrected chi connectivity index (χ2v) is 7.06.